The molecule has 0 bridgehead atoms. The maximum Gasteiger partial charge on any atom is 0.154 e. The Bertz CT molecular complexity index is 396. The molecule has 93 valence electrons. The van der Waals surface area contributed by atoms with E-state index in [1.807, 2.05) is 20.8 Å². The molecule has 4 heteroatoms. The number of aliphatic hydroxyl groups excluding tert-OH is 1. The number of benzene rings is 1. The van der Waals surface area contributed by atoms with Gasteiger partial charge in [0.1, 0.15) is 5.75 Å². The van der Waals surface area contributed by atoms with Crippen molar-refractivity contribution in [2.75, 3.05) is 6.54 Å². The molecule has 17 heavy (non-hydrogen) atoms. The zero-order valence-electron chi connectivity index (χ0n) is 10.3. The number of phenols is 1. The average Bonchev–Trinajstić information content (AvgIpc) is 2.25. The lowest BCUT2D eigenvalue weighted by Crippen LogP contribution is -2.38. The SMILES string of the molecule is CC(C)(C)NCC(O)c1[c]c(C=O)c(O)cc1. The van der Waals surface area contributed by atoms with Gasteiger partial charge in [0, 0.05) is 18.2 Å². The fraction of sp³-hybridized carbons (Fsp3) is 0.462. The Morgan fingerprint density at radius 1 is 1.47 bits per heavy atom. The van der Waals surface area contributed by atoms with Crippen LogP contribution in [-0.2, 0) is 0 Å². The van der Waals surface area contributed by atoms with Gasteiger partial charge >= 0.3 is 0 Å². The molecule has 1 radical (unpaired) electrons. The highest BCUT2D eigenvalue weighted by Crippen LogP contribution is 2.20. The first kappa shape index (κ1) is 13.7. The highest BCUT2D eigenvalue weighted by atomic mass is 16.3. The number of carbonyl (C=O) groups excluding carboxylic acids is 1. The third kappa shape index (κ3) is 4.17. The van der Waals surface area contributed by atoms with Crippen molar-refractivity contribution in [2.24, 2.45) is 0 Å². The van der Waals surface area contributed by atoms with Crippen molar-refractivity contribution in [1.82, 2.24) is 5.32 Å². The number of nitrogens with one attached hydrogen (secondary N) is 1. The molecular weight excluding hydrogens is 218 g/mol. The van der Waals surface area contributed by atoms with E-state index in [1.165, 1.54) is 6.07 Å². The summed E-state index contributed by atoms with van der Waals surface area (Å²) in [6, 6.07) is 5.63. The van der Waals surface area contributed by atoms with Crippen LogP contribution in [0.25, 0.3) is 0 Å². The van der Waals surface area contributed by atoms with Crippen LogP contribution in [0.5, 0.6) is 5.75 Å². The predicted octanol–water partition coefficient (Wildman–Crippen LogP) is 1.43. The lowest BCUT2D eigenvalue weighted by Gasteiger charge is -2.23. The molecule has 1 aromatic carbocycles. The van der Waals surface area contributed by atoms with Crippen molar-refractivity contribution < 1.29 is 15.0 Å². The van der Waals surface area contributed by atoms with Crippen molar-refractivity contribution in [2.45, 2.75) is 32.4 Å². The van der Waals surface area contributed by atoms with Gasteiger partial charge < -0.3 is 15.5 Å². The first-order chi connectivity index (χ1) is 7.83. The van der Waals surface area contributed by atoms with E-state index >= 15 is 0 Å². The predicted molar refractivity (Wildman–Crippen MR) is 65.0 cm³/mol. The summed E-state index contributed by atoms with van der Waals surface area (Å²) >= 11 is 0. The number of β-amino-alcohol motifs (C(OH)–C–C–N with tert-alkyl or cyclic N) is 1. The lowest BCUT2D eigenvalue weighted by molar-refractivity contribution is 0.112. The molecule has 0 saturated carbocycles. The molecule has 0 aliphatic heterocycles. The van der Waals surface area contributed by atoms with Crippen LogP contribution in [0.15, 0.2) is 12.1 Å². The number of hydrogen-bond acceptors (Lipinski definition) is 4. The molecular formula is C13H18NO3. The van der Waals surface area contributed by atoms with Crippen LogP contribution in [0.1, 0.15) is 42.8 Å². The molecule has 0 aliphatic carbocycles. The number of aromatic hydroxyl groups is 1. The fourth-order valence-electron chi connectivity index (χ4n) is 1.32. The second-order valence-corrected chi connectivity index (χ2v) is 4.98. The van der Waals surface area contributed by atoms with Gasteiger partial charge in [-0.2, -0.15) is 0 Å². The molecule has 0 fully saturated rings. The molecule has 1 atom stereocenters. The monoisotopic (exact) mass is 236 g/mol. The van der Waals surface area contributed by atoms with Crippen molar-refractivity contribution in [3.05, 3.63) is 29.3 Å². The summed E-state index contributed by atoms with van der Waals surface area (Å²) in [6.07, 6.45) is -0.239. The van der Waals surface area contributed by atoms with Gasteiger partial charge in [-0.1, -0.05) is 6.07 Å². The van der Waals surface area contributed by atoms with E-state index in [4.69, 9.17) is 0 Å². The highest BCUT2D eigenvalue weighted by molar-refractivity contribution is 5.78. The summed E-state index contributed by atoms with van der Waals surface area (Å²) in [4.78, 5) is 10.6. The Labute approximate surface area is 101 Å². The maximum atomic E-state index is 10.6. The van der Waals surface area contributed by atoms with Crippen LogP contribution in [0.4, 0.5) is 0 Å². The summed E-state index contributed by atoms with van der Waals surface area (Å²) in [5, 5.41) is 22.4. The van der Waals surface area contributed by atoms with Crippen LogP contribution in [0.2, 0.25) is 0 Å². The van der Waals surface area contributed by atoms with Crippen molar-refractivity contribution >= 4 is 6.29 Å². The lowest BCUT2D eigenvalue weighted by atomic mass is 10.0. The Balaban J connectivity index is 2.75. The number of aldehydes is 1. The topological polar surface area (TPSA) is 69.6 Å². The quantitative estimate of drug-likeness (QED) is 0.692. The van der Waals surface area contributed by atoms with Gasteiger partial charge in [0.15, 0.2) is 6.29 Å². The number of rotatable bonds is 4. The zero-order chi connectivity index (χ0) is 13.1. The molecule has 4 nitrogen and oxygen atoms in total. The molecule has 3 N–H and O–H groups in total. The number of carbonyl (C=O) groups is 1. The largest absolute Gasteiger partial charge is 0.507 e. The van der Waals surface area contributed by atoms with Crippen LogP contribution in [0.3, 0.4) is 0 Å². The van der Waals surface area contributed by atoms with Crippen LogP contribution in [-0.4, -0.2) is 28.6 Å². The van der Waals surface area contributed by atoms with E-state index < -0.39 is 6.10 Å². The van der Waals surface area contributed by atoms with Crippen LogP contribution >= 0.6 is 0 Å². The number of aliphatic hydroxyl groups is 1. The second kappa shape index (κ2) is 5.29. The first-order valence-corrected chi connectivity index (χ1v) is 5.47. The third-order valence-electron chi connectivity index (χ3n) is 2.28. The molecule has 0 saturated heterocycles. The molecule has 0 spiro atoms. The summed E-state index contributed by atoms with van der Waals surface area (Å²) < 4.78 is 0. The normalized spacial score (nSPS) is 13.4. The minimum atomic E-state index is -0.756. The summed E-state index contributed by atoms with van der Waals surface area (Å²) in [7, 11) is 0. The molecule has 0 amide bonds. The average molecular weight is 236 g/mol. The van der Waals surface area contributed by atoms with Crippen LogP contribution < -0.4 is 5.32 Å². The van der Waals surface area contributed by atoms with Gasteiger partial charge in [-0.3, -0.25) is 4.79 Å². The van der Waals surface area contributed by atoms with E-state index in [-0.39, 0.29) is 16.9 Å². The Hall–Kier alpha value is -1.39. The molecule has 0 aromatic heterocycles. The summed E-state index contributed by atoms with van der Waals surface area (Å²) in [5.41, 5.74) is 0.463. The van der Waals surface area contributed by atoms with Crippen molar-refractivity contribution in [1.29, 1.82) is 0 Å². The third-order valence-corrected chi connectivity index (χ3v) is 2.28. The van der Waals surface area contributed by atoms with E-state index in [9.17, 15) is 15.0 Å². The zero-order valence-corrected chi connectivity index (χ0v) is 10.3. The van der Waals surface area contributed by atoms with Crippen LogP contribution in [0, 0.1) is 6.07 Å². The van der Waals surface area contributed by atoms with E-state index in [1.54, 1.807) is 6.07 Å². The first-order valence-electron chi connectivity index (χ1n) is 5.47. The van der Waals surface area contributed by atoms with Gasteiger partial charge in [0.05, 0.1) is 11.7 Å². The van der Waals surface area contributed by atoms with Gasteiger partial charge in [-0.25, -0.2) is 0 Å². The molecule has 0 heterocycles. The van der Waals surface area contributed by atoms with E-state index in [0.717, 1.165) is 0 Å². The molecule has 1 aromatic rings. The Morgan fingerprint density at radius 2 is 2.12 bits per heavy atom. The molecule has 1 unspecified atom stereocenters. The summed E-state index contributed by atoms with van der Waals surface area (Å²) in [6.45, 7) is 6.36. The molecule has 0 aliphatic rings. The van der Waals surface area contributed by atoms with Crippen molar-refractivity contribution in [3.8, 4) is 5.75 Å². The van der Waals surface area contributed by atoms with Gasteiger partial charge in [0.2, 0.25) is 0 Å². The standard InChI is InChI=1S/C13H18NO3/c1-13(2,3)14-7-12(17)9-4-5-11(16)10(6-9)8-15/h4-5,8,12,14,16-17H,7H2,1-3H3. The summed E-state index contributed by atoms with van der Waals surface area (Å²) in [5.74, 6) is -0.125. The minimum Gasteiger partial charge on any atom is -0.507 e. The molecule has 1 rings (SSSR count). The van der Waals surface area contributed by atoms with E-state index in [0.29, 0.717) is 18.4 Å². The fourth-order valence-corrected chi connectivity index (χ4v) is 1.32. The number of hydrogen-bond donors (Lipinski definition) is 3. The van der Waals surface area contributed by atoms with Gasteiger partial charge in [-0.05, 0) is 32.4 Å². The van der Waals surface area contributed by atoms with Gasteiger partial charge in [-0.15, -0.1) is 0 Å². The second-order valence-electron chi connectivity index (χ2n) is 4.98. The van der Waals surface area contributed by atoms with E-state index in [2.05, 4.69) is 11.4 Å². The maximum absolute atomic E-state index is 10.6. The smallest absolute Gasteiger partial charge is 0.154 e. The Morgan fingerprint density at radius 3 is 2.65 bits per heavy atom. The number of phenolic OH excluding ortho intramolecular Hbond substituents is 1. The minimum absolute atomic E-state index is 0.0670. The Kier molecular flexibility index (Phi) is 4.26. The highest BCUT2D eigenvalue weighted by Gasteiger charge is 2.14. The van der Waals surface area contributed by atoms with Gasteiger partial charge in [0.25, 0.3) is 0 Å². The van der Waals surface area contributed by atoms with Crippen molar-refractivity contribution in [3.63, 3.8) is 0 Å².